The summed E-state index contributed by atoms with van der Waals surface area (Å²) in [6.07, 6.45) is 1.91. The SMILES string of the molecule is CC(C)n1cc(-c2nc3ccc(Cl)cc3n2C)nn1. The predicted molar refractivity (Wildman–Crippen MR) is 75.1 cm³/mol. The van der Waals surface area contributed by atoms with Crippen LogP contribution in [0, 0.1) is 0 Å². The molecule has 6 heteroatoms. The van der Waals surface area contributed by atoms with Crippen molar-refractivity contribution in [3.05, 3.63) is 29.4 Å². The van der Waals surface area contributed by atoms with Gasteiger partial charge in [0.1, 0.15) is 5.69 Å². The molecule has 2 heterocycles. The number of rotatable bonds is 2. The standard InChI is InChI=1S/C13H14ClN5/c1-8(2)19-7-11(16-17-19)13-15-10-5-4-9(14)6-12(10)18(13)3/h4-8H,1-3H3. The first-order chi connectivity index (χ1) is 9.06. The average Bonchev–Trinajstić information content (AvgIpc) is 2.95. The zero-order valence-electron chi connectivity index (χ0n) is 11.0. The van der Waals surface area contributed by atoms with E-state index in [1.54, 1.807) is 0 Å². The zero-order valence-corrected chi connectivity index (χ0v) is 11.8. The first kappa shape index (κ1) is 12.2. The van der Waals surface area contributed by atoms with Crippen LogP contribution in [0.4, 0.5) is 0 Å². The smallest absolute Gasteiger partial charge is 0.163 e. The number of aromatic nitrogens is 5. The van der Waals surface area contributed by atoms with Gasteiger partial charge >= 0.3 is 0 Å². The summed E-state index contributed by atoms with van der Waals surface area (Å²) in [5.41, 5.74) is 2.66. The van der Waals surface area contributed by atoms with Crippen molar-refractivity contribution < 1.29 is 0 Å². The summed E-state index contributed by atoms with van der Waals surface area (Å²) < 4.78 is 3.80. The Bertz CT molecular complexity index is 741. The number of aryl methyl sites for hydroxylation is 1. The van der Waals surface area contributed by atoms with E-state index in [0.717, 1.165) is 22.6 Å². The lowest BCUT2D eigenvalue weighted by Gasteiger charge is -2.01. The van der Waals surface area contributed by atoms with Crippen molar-refractivity contribution >= 4 is 22.6 Å². The summed E-state index contributed by atoms with van der Waals surface area (Å²) in [5, 5.41) is 8.99. The molecular weight excluding hydrogens is 262 g/mol. The first-order valence-corrected chi connectivity index (χ1v) is 6.48. The molecule has 0 aliphatic heterocycles. The van der Waals surface area contributed by atoms with Crippen LogP contribution in [0.15, 0.2) is 24.4 Å². The molecule has 0 amide bonds. The molecule has 0 saturated carbocycles. The van der Waals surface area contributed by atoms with E-state index < -0.39 is 0 Å². The maximum atomic E-state index is 6.02. The van der Waals surface area contributed by atoms with Gasteiger partial charge in [-0.1, -0.05) is 16.8 Å². The molecule has 0 spiro atoms. The number of nitrogens with zero attached hydrogens (tertiary/aromatic N) is 5. The maximum absolute atomic E-state index is 6.02. The molecule has 0 atom stereocenters. The van der Waals surface area contributed by atoms with Gasteiger partial charge in [0.25, 0.3) is 0 Å². The Hall–Kier alpha value is -1.88. The molecule has 0 unspecified atom stereocenters. The monoisotopic (exact) mass is 275 g/mol. The third-order valence-electron chi connectivity index (χ3n) is 3.11. The van der Waals surface area contributed by atoms with Gasteiger partial charge in [-0.05, 0) is 32.0 Å². The van der Waals surface area contributed by atoms with Crippen molar-refractivity contribution in [1.29, 1.82) is 0 Å². The largest absolute Gasteiger partial charge is 0.326 e. The van der Waals surface area contributed by atoms with Crippen LogP contribution >= 0.6 is 11.6 Å². The molecule has 0 N–H and O–H groups in total. The summed E-state index contributed by atoms with van der Waals surface area (Å²) in [6.45, 7) is 4.13. The molecule has 3 rings (SSSR count). The van der Waals surface area contributed by atoms with Gasteiger partial charge in [0.2, 0.25) is 0 Å². The van der Waals surface area contributed by atoms with Crippen molar-refractivity contribution in [2.24, 2.45) is 7.05 Å². The van der Waals surface area contributed by atoms with Crippen molar-refractivity contribution in [3.8, 4) is 11.5 Å². The highest BCUT2D eigenvalue weighted by Crippen LogP contribution is 2.24. The second-order valence-corrected chi connectivity index (χ2v) is 5.24. The lowest BCUT2D eigenvalue weighted by atomic mass is 10.3. The lowest BCUT2D eigenvalue weighted by molar-refractivity contribution is 0.514. The molecular formula is C13H14ClN5. The molecule has 0 aliphatic carbocycles. The average molecular weight is 276 g/mol. The van der Waals surface area contributed by atoms with E-state index in [1.165, 1.54) is 0 Å². The maximum Gasteiger partial charge on any atom is 0.163 e. The van der Waals surface area contributed by atoms with Gasteiger partial charge in [-0.3, -0.25) is 0 Å². The summed E-state index contributed by atoms with van der Waals surface area (Å²) in [4.78, 5) is 4.58. The van der Waals surface area contributed by atoms with E-state index in [-0.39, 0.29) is 6.04 Å². The van der Waals surface area contributed by atoms with Gasteiger partial charge in [0.05, 0.1) is 17.2 Å². The van der Waals surface area contributed by atoms with Crippen LogP contribution in [-0.2, 0) is 7.05 Å². The van der Waals surface area contributed by atoms with Gasteiger partial charge in [-0.25, -0.2) is 9.67 Å². The Morgan fingerprint density at radius 1 is 1.26 bits per heavy atom. The molecule has 5 nitrogen and oxygen atoms in total. The van der Waals surface area contributed by atoms with E-state index in [9.17, 15) is 0 Å². The van der Waals surface area contributed by atoms with Crippen molar-refractivity contribution in [2.75, 3.05) is 0 Å². The van der Waals surface area contributed by atoms with Crippen LogP contribution in [0.2, 0.25) is 5.02 Å². The number of fused-ring (bicyclic) bond motifs is 1. The first-order valence-electron chi connectivity index (χ1n) is 6.10. The molecule has 3 aromatic rings. The van der Waals surface area contributed by atoms with Crippen LogP contribution in [0.25, 0.3) is 22.6 Å². The van der Waals surface area contributed by atoms with Crippen molar-refractivity contribution in [2.45, 2.75) is 19.9 Å². The van der Waals surface area contributed by atoms with E-state index in [0.29, 0.717) is 5.02 Å². The predicted octanol–water partition coefficient (Wildman–Crippen LogP) is 3.07. The lowest BCUT2D eigenvalue weighted by Crippen LogP contribution is -2.00. The Morgan fingerprint density at radius 2 is 2.05 bits per heavy atom. The summed E-state index contributed by atoms with van der Waals surface area (Å²) in [6, 6.07) is 5.94. The fourth-order valence-corrected chi connectivity index (χ4v) is 2.19. The topological polar surface area (TPSA) is 48.5 Å². The summed E-state index contributed by atoms with van der Waals surface area (Å²) >= 11 is 6.02. The van der Waals surface area contributed by atoms with Gasteiger partial charge in [0.15, 0.2) is 5.82 Å². The molecule has 1 aromatic carbocycles. The number of hydrogen-bond acceptors (Lipinski definition) is 3. The second-order valence-electron chi connectivity index (χ2n) is 4.81. The quantitative estimate of drug-likeness (QED) is 0.722. The summed E-state index contributed by atoms with van der Waals surface area (Å²) in [7, 11) is 1.95. The van der Waals surface area contributed by atoms with E-state index in [1.807, 2.05) is 40.7 Å². The minimum absolute atomic E-state index is 0.283. The Morgan fingerprint density at radius 3 is 2.74 bits per heavy atom. The molecule has 0 radical (unpaired) electrons. The highest BCUT2D eigenvalue weighted by atomic mass is 35.5. The van der Waals surface area contributed by atoms with Crippen LogP contribution in [0.3, 0.4) is 0 Å². The number of benzene rings is 1. The molecule has 0 aliphatic rings. The van der Waals surface area contributed by atoms with Crippen LogP contribution < -0.4 is 0 Å². The highest BCUT2D eigenvalue weighted by molar-refractivity contribution is 6.31. The Kier molecular flexibility index (Phi) is 2.78. The van der Waals surface area contributed by atoms with Crippen LogP contribution in [0.1, 0.15) is 19.9 Å². The fraction of sp³-hybridized carbons (Fsp3) is 0.308. The number of halogens is 1. The van der Waals surface area contributed by atoms with Gasteiger partial charge in [-0.15, -0.1) is 5.10 Å². The highest BCUT2D eigenvalue weighted by Gasteiger charge is 2.14. The molecule has 98 valence electrons. The Labute approximate surface area is 115 Å². The van der Waals surface area contributed by atoms with E-state index >= 15 is 0 Å². The zero-order chi connectivity index (χ0) is 13.6. The van der Waals surface area contributed by atoms with Gasteiger partial charge in [-0.2, -0.15) is 0 Å². The molecule has 2 aromatic heterocycles. The van der Waals surface area contributed by atoms with Crippen LogP contribution in [0.5, 0.6) is 0 Å². The van der Waals surface area contributed by atoms with Crippen molar-refractivity contribution in [3.63, 3.8) is 0 Å². The molecule has 0 fully saturated rings. The van der Waals surface area contributed by atoms with Crippen molar-refractivity contribution in [1.82, 2.24) is 24.5 Å². The molecule has 0 bridgehead atoms. The minimum Gasteiger partial charge on any atom is -0.326 e. The van der Waals surface area contributed by atoms with Gasteiger partial charge in [0, 0.05) is 18.1 Å². The Balaban J connectivity index is 2.16. The third kappa shape index (κ3) is 2.00. The number of hydrogen-bond donors (Lipinski definition) is 0. The van der Waals surface area contributed by atoms with Crippen LogP contribution in [-0.4, -0.2) is 24.5 Å². The van der Waals surface area contributed by atoms with Gasteiger partial charge < -0.3 is 4.57 Å². The molecule has 19 heavy (non-hydrogen) atoms. The third-order valence-corrected chi connectivity index (χ3v) is 3.35. The van der Waals surface area contributed by atoms with E-state index in [4.69, 9.17) is 11.6 Å². The molecule has 0 saturated heterocycles. The van der Waals surface area contributed by atoms with E-state index in [2.05, 4.69) is 29.1 Å². The second kappa shape index (κ2) is 4.35. The minimum atomic E-state index is 0.283. The fourth-order valence-electron chi connectivity index (χ4n) is 2.02. The number of imidazole rings is 1. The summed E-state index contributed by atoms with van der Waals surface area (Å²) in [5.74, 6) is 0.796. The normalized spacial score (nSPS) is 11.6.